The fraction of sp³-hybridized carbons (Fsp3) is 0.0667. The maximum absolute atomic E-state index is 10.4. The van der Waals surface area contributed by atoms with Gasteiger partial charge in [0.05, 0.1) is 12.6 Å². The van der Waals surface area contributed by atoms with E-state index >= 15 is 0 Å². The number of hydrogen-bond acceptors (Lipinski definition) is 4. The van der Waals surface area contributed by atoms with Crippen LogP contribution in [0.5, 0.6) is 11.5 Å². The van der Waals surface area contributed by atoms with Crippen LogP contribution in [0.3, 0.4) is 0 Å². The molecule has 0 atom stereocenters. The summed E-state index contributed by atoms with van der Waals surface area (Å²) in [4.78, 5) is 10.4. The summed E-state index contributed by atoms with van der Waals surface area (Å²) in [7, 11) is 1.62. The standard InChI is InChI=1S/C15H12N2O3/c1-19-14-5-3-2-4-11(14)15-12-8-10(20-9-18)6-7-13(12)16-17-15/h2-9H,1H3,(H,16,17). The molecule has 1 aromatic heterocycles. The van der Waals surface area contributed by atoms with Crippen LogP contribution in [-0.4, -0.2) is 23.8 Å². The van der Waals surface area contributed by atoms with E-state index in [1.165, 1.54) is 0 Å². The number of nitrogens with zero attached hydrogens (tertiary/aromatic N) is 1. The van der Waals surface area contributed by atoms with Crippen molar-refractivity contribution in [1.82, 2.24) is 10.2 Å². The highest BCUT2D eigenvalue weighted by Crippen LogP contribution is 2.34. The lowest BCUT2D eigenvalue weighted by atomic mass is 10.1. The van der Waals surface area contributed by atoms with E-state index in [4.69, 9.17) is 9.47 Å². The smallest absolute Gasteiger partial charge is 0.298 e. The van der Waals surface area contributed by atoms with Gasteiger partial charge in [0, 0.05) is 10.9 Å². The van der Waals surface area contributed by atoms with Gasteiger partial charge in [0.1, 0.15) is 17.2 Å². The van der Waals surface area contributed by atoms with Crippen LogP contribution in [0.15, 0.2) is 42.5 Å². The lowest BCUT2D eigenvalue weighted by Gasteiger charge is -2.06. The molecule has 5 heteroatoms. The van der Waals surface area contributed by atoms with E-state index in [2.05, 4.69) is 10.2 Å². The van der Waals surface area contributed by atoms with Crippen LogP contribution in [0.1, 0.15) is 0 Å². The van der Waals surface area contributed by atoms with Gasteiger partial charge in [-0.15, -0.1) is 0 Å². The van der Waals surface area contributed by atoms with Gasteiger partial charge >= 0.3 is 0 Å². The zero-order chi connectivity index (χ0) is 13.9. The highest BCUT2D eigenvalue weighted by molar-refractivity contribution is 5.95. The van der Waals surface area contributed by atoms with E-state index in [0.29, 0.717) is 12.2 Å². The summed E-state index contributed by atoms with van der Waals surface area (Å²) in [6, 6.07) is 12.9. The Morgan fingerprint density at radius 2 is 2.05 bits per heavy atom. The van der Waals surface area contributed by atoms with E-state index in [1.54, 1.807) is 19.2 Å². The largest absolute Gasteiger partial charge is 0.496 e. The van der Waals surface area contributed by atoms with E-state index in [1.807, 2.05) is 30.3 Å². The summed E-state index contributed by atoms with van der Waals surface area (Å²) in [6.45, 7) is 0.407. The Hall–Kier alpha value is -2.82. The van der Waals surface area contributed by atoms with Crippen molar-refractivity contribution in [1.29, 1.82) is 0 Å². The van der Waals surface area contributed by atoms with Crippen LogP contribution < -0.4 is 9.47 Å². The van der Waals surface area contributed by atoms with Crippen LogP contribution in [0, 0.1) is 0 Å². The summed E-state index contributed by atoms with van der Waals surface area (Å²) in [5.74, 6) is 1.22. The highest BCUT2D eigenvalue weighted by Gasteiger charge is 2.13. The Labute approximate surface area is 115 Å². The number of benzene rings is 2. The molecule has 2 aromatic carbocycles. The molecule has 20 heavy (non-hydrogen) atoms. The third-order valence-electron chi connectivity index (χ3n) is 3.08. The number of H-pyrrole nitrogens is 1. The molecule has 0 aliphatic carbocycles. The third-order valence-corrected chi connectivity index (χ3v) is 3.08. The second kappa shape index (κ2) is 5.05. The first-order valence-corrected chi connectivity index (χ1v) is 6.05. The van der Waals surface area contributed by atoms with Gasteiger partial charge in [0.2, 0.25) is 0 Å². The zero-order valence-electron chi connectivity index (χ0n) is 10.8. The number of aromatic nitrogens is 2. The molecule has 3 rings (SSSR count). The number of methoxy groups -OCH3 is 1. The minimum Gasteiger partial charge on any atom is -0.496 e. The molecule has 1 N–H and O–H groups in total. The highest BCUT2D eigenvalue weighted by atomic mass is 16.5. The van der Waals surface area contributed by atoms with E-state index in [0.717, 1.165) is 27.9 Å². The first kappa shape index (κ1) is 12.2. The van der Waals surface area contributed by atoms with Gasteiger partial charge in [-0.05, 0) is 30.3 Å². The third kappa shape index (κ3) is 1.99. The molecule has 0 saturated carbocycles. The van der Waals surface area contributed by atoms with E-state index in [-0.39, 0.29) is 0 Å². The molecule has 1 heterocycles. The van der Waals surface area contributed by atoms with Crippen molar-refractivity contribution >= 4 is 17.4 Å². The Morgan fingerprint density at radius 3 is 2.85 bits per heavy atom. The molecule has 0 unspecified atom stereocenters. The molecule has 0 aliphatic rings. The minimum atomic E-state index is 0.407. The number of hydrogen-bond donors (Lipinski definition) is 1. The fourth-order valence-corrected chi connectivity index (χ4v) is 2.17. The summed E-state index contributed by atoms with van der Waals surface area (Å²) in [5, 5.41) is 8.15. The monoisotopic (exact) mass is 268 g/mol. The maximum atomic E-state index is 10.4. The molecule has 0 bridgehead atoms. The summed E-state index contributed by atoms with van der Waals surface area (Å²) in [5.41, 5.74) is 2.50. The van der Waals surface area contributed by atoms with Crippen LogP contribution in [0.25, 0.3) is 22.2 Å². The van der Waals surface area contributed by atoms with Crippen molar-refractivity contribution in [2.75, 3.05) is 7.11 Å². The molecule has 5 nitrogen and oxygen atoms in total. The average molecular weight is 268 g/mol. The lowest BCUT2D eigenvalue weighted by Crippen LogP contribution is -1.89. The summed E-state index contributed by atoms with van der Waals surface area (Å²) >= 11 is 0. The molecule has 0 radical (unpaired) electrons. The number of nitrogens with one attached hydrogen (secondary N) is 1. The van der Waals surface area contributed by atoms with Crippen molar-refractivity contribution in [2.24, 2.45) is 0 Å². The molecule has 0 spiro atoms. The van der Waals surface area contributed by atoms with Crippen molar-refractivity contribution < 1.29 is 14.3 Å². The second-order valence-electron chi connectivity index (χ2n) is 4.19. The number of rotatable bonds is 4. The summed E-state index contributed by atoms with van der Waals surface area (Å²) in [6.07, 6.45) is 0. The lowest BCUT2D eigenvalue weighted by molar-refractivity contribution is -0.120. The van der Waals surface area contributed by atoms with Crippen LogP contribution >= 0.6 is 0 Å². The number of carbonyl (C=O) groups excluding carboxylic acids is 1. The van der Waals surface area contributed by atoms with Crippen molar-refractivity contribution in [3.05, 3.63) is 42.5 Å². The number of aromatic amines is 1. The number of fused-ring (bicyclic) bond motifs is 1. The Kier molecular flexibility index (Phi) is 3.09. The van der Waals surface area contributed by atoms with Gasteiger partial charge in [-0.1, -0.05) is 12.1 Å². The molecule has 3 aromatic rings. The number of para-hydroxylation sites is 1. The van der Waals surface area contributed by atoms with E-state index < -0.39 is 0 Å². The van der Waals surface area contributed by atoms with Crippen molar-refractivity contribution in [2.45, 2.75) is 0 Å². The fourth-order valence-electron chi connectivity index (χ4n) is 2.17. The molecule has 0 aliphatic heterocycles. The molecule has 100 valence electrons. The van der Waals surface area contributed by atoms with Gasteiger partial charge in [0.15, 0.2) is 0 Å². The van der Waals surface area contributed by atoms with Gasteiger partial charge in [-0.2, -0.15) is 5.10 Å². The number of carbonyl (C=O) groups is 1. The quantitative estimate of drug-likeness (QED) is 0.739. The molecule has 0 fully saturated rings. The van der Waals surface area contributed by atoms with Crippen molar-refractivity contribution in [3.63, 3.8) is 0 Å². The molecule has 0 amide bonds. The maximum Gasteiger partial charge on any atom is 0.298 e. The Morgan fingerprint density at radius 1 is 1.20 bits per heavy atom. The predicted molar refractivity (Wildman–Crippen MR) is 74.8 cm³/mol. The topological polar surface area (TPSA) is 64.2 Å². The minimum absolute atomic E-state index is 0.407. The number of ether oxygens (including phenoxy) is 2. The van der Waals surface area contributed by atoms with Crippen LogP contribution in [0.2, 0.25) is 0 Å². The average Bonchev–Trinajstić information content (AvgIpc) is 2.90. The van der Waals surface area contributed by atoms with Gasteiger partial charge in [0.25, 0.3) is 6.47 Å². The Bertz CT molecular complexity index is 765. The van der Waals surface area contributed by atoms with Gasteiger partial charge in [-0.3, -0.25) is 9.89 Å². The molecule has 0 saturated heterocycles. The van der Waals surface area contributed by atoms with E-state index in [9.17, 15) is 4.79 Å². The second-order valence-corrected chi connectivity index (χ2v) is 4.19. The van der Waals surface area contributed by atoms with Gasteiger partial charge < -0.3 is 9.47 Å². The Balaban J connectivity index is 2.20. The first-order chi connectivity index (χ1) is 9.83. The normalized spacial score (nSPS) is 10.4. The first-order valence-electron chi connectivity index (χ1n) is 6.05. The summed E-state index contributed by atoms with van der Waals surface area (Å²) < 4.78 is 10.2. The zero-order valence-corrected chi connectivity index (χ0v) is 10.8. The van der Waals surface area contributed by atoms with Crippen LogP contribution in [-0.2, 0) is 4.79 Å². The molecular formula is C15H12N2O3. The van der Waals surface area contributed by atoms with Crippen molar-refractivity contribution in [3.8, 4) is 22.8 Å². The van der Waals surface area contributed by atoms with Gasteiger partial charge in [-0.25, -0.2) is 0 Å². The SMILES string of the molecule is COc1ccccc1-c1n[nH]c2ccc(OC=O)cc12. The predicted octanol–water partition coefficient (Wildman–Crippen LogP) is 2.77. The molecular weight excluding hydrogens is 256 g/mol. The van der Waals surface area contributed by atoms with Crippen LogP contribution in [0.4, 0.5) is 0 Å².